The lowest BCUT2D eigenvalue weighted by Gasteiger charge is -2.32. The van der Waals surface area contributed by atoms with Gasteiger partial charge in [-0.05, 0) is 31.0 Å². The van der Waals surface area contributed by atoms with Crippen LogP contribution in [-0.2, 0) is 16.1 Å². The molecule has 1 aromatic rings. The molecule has 2 unspecified atom stereocenters. The quantitative estimate of drug-likeness (QED) is 0.880. The van der Waals surface area contributed by atoms with Crippen LogP contribution in [0.1, 0.15) is 24.8 Å². The van der Waals surface area contributed by atoms with E-state index in [0.29, 0.717) is 6.61 Å². The lowest BCUT2D eigenvalue weighted by molar-refractivity contribution is -0.0195. The van der Waals surface area contributed by atoms with Gasteiger partial charge in [-0.15, -0.1) is 0 Å². The standard InChI is InChI=1S/C14H20N2O2/c1-3-12(8-15-5-1)9-17-13-7-14(18-10-13)4-2-6-16-11-14/h1,3,5,8,13,16H,2,4,6-7,9-11H2. The summed E-state index contributed by atoms with van der Waals surface area (Å²) in [4.78, 5) is 4.09. The normalized spacial score (nSPS) is 31.9. The van der Waals surface area contributed by atoms with Gasteiger partial charge in [0.25, 0.3) is 0 Å². The number of hydrogen-bond donors (Lipinski definition) is 1. The Morgan fingerprint density at radius 3 is 3.33 bits per heavy atom. The molecular weight excluding hydrogens is 228 g/mol. The average molecular weight is 248 g/mol. The zero-order chi connectivity index (χ0) is 12.3. The van der Waals surface area contributed by atoms with Gasteiger partial charge in [0.2, 0.25) is 0 Å². The van der Waals surface area contributed by atoms with Crippen molar-refractivity contribution in [1.29, 1.82) is 0 Å². The Bertz CT molecular complexity index is 377. The molecule has 98 valence electrons. The van der Waals surface area contributed by atoms with Gasteiger partial charge < -0.3 is 14.8 Å². The Balaban J connectivity index is 1.50. The minimum atomic E-state index is 0.0395. The van der Waals surface area contributed by atoms with Crippen LogP contribution in [0.5, 0.6) is 0 Å². The van der Waals surface area contributed by atoms with Gasteiger partial charge >= 0.3 is 0 Å². The van der Waals surface area contributed by atoms with E-state index in [2.05, 4.69) is 10.3 Å². The van der Waals surface area contributed by atoms with Crippen molar-refractivity contribution in [3.8, 4) is 0 Å². The molecule has 2 fully saturated rings. The second kappa shape index (κ2) is 5.34. The van der Waals surface area contributed by atoms with E-state index in [4.69, 9.17) is 9.47 Å². The van der Waals surface area contributed by atoms with Gasteiger partial charge in [0.1, 0.15) is 0 Å². The van der Waals surface area contributed by atoms with Crippen molar-refractivity contribution in [2.45, 2.75) is 37.6 Å². The van der Waals surface area contributed by atoms with Crippen LogP contribution < -0.4 is 5.32 Å². The predicted octanol–water partition coefficient (Wildman–Crippen LogP) is 1.51. The van der Waals surface area contributed by atoms with Crippen molar-refractivity contribution in [3.63, 3.8) is 0 Å². The molecule has 1 spiro atoms. The molecule has 2 atom stereocenters. The summed E-state index contributed by atoms with van der Waals surface area (Å²) in [6.07, 6.45) is 7.24. The Labute approximate surface area is 108 Å². The summed E-state index contributed by atoms with van der Waals surface area (Å²) in [5.41, 5.74) is 1.16. The van der Waals surface area contributed by atoms with E-state index < -0.39 is 0 Å². The van der Waals surface area contributed by atoms with Crippen LogP contribution in [0.4, 0.5) is 0 Å². The summed E-state index contributed by atoms with van der Waals surface area (Å²) in [5.74, 6) is 0. The Kier molecular flexibility index (Phi) is 3.59. The first-order valence-corrected chi connectivity index (χ1v) is 6.72. The van der Waals surface area contributed by atoms with E-state index in [1.54, 1.807) is 6.20 Å². The number of piperidine rings is 1. The monoisotopic (exact) mass is 248 g/mol. The molecule has 2 aliphatic heterocycles. The van der Waals surface area contributed by atoms with E-state index >= 15 is 0 Å². The van der Waals surface area contributed by atoms with Crippen molar-refractivity contribution in [3.05, 3.63) is 30.1 Å². The molecule has 0 bridgehead atoms. The lowest BCUT2D eigenvalue weighted by Crippen LogP contribution is -2.45. The molecule has 2 saturated heterocycles. The molecule has 0 radical (unpaired) electrons. The second-order valence-corrected chi connectivity index (χ2v) is 5.27. The number of hydrogen-bond acceptors (Lipinski definition) is 4. The van der Waals surface area contributed by atoms with Gasteiger partial charge in [0.05, 0.1) is 24.9 Å². The summed E-state index contributed by atoms with van der Waals surface area (Å²) in [6, 6.07) is 3.98. The first kappa shape index (κ1) is 12.1. The molecule has 0 aromatic carbocycles. The number of rotatable bonds is 3. The lowest BCUT2D eigenvalue weighted by atomic mass is 9.90. The minimum Gasteiger partial charge on any atom is -0.371 e. The van der Waals surface area contributed by atoms with E-state index in [-0.39, 0.29) is 11.7 Å². The number of ether oxygens (including phenoxy) is 2. The van der Waals surface area contributed by atoms with E-state index in [1.807, 2.05) is 18.3 Å². The Hall–Kier alpha value is -0.970. The van der Waals surface area contributed by atoms with Crippen molar-refractivity contribution in [2.75, 3.05) is 19.7 Å². The molecule has 1 N–H and O–H groups in total. The van der Waals surface area contributed by atoms with Crippen molar-refractivity contribution in [1.82, 2.24) is 10.3 Å². The van der Waals surface area contributed by atoms with E-state index in [9.17, 15) is 0 Å². The third-order valence-electron chi connectivity index (χ3n) is 3.82. The zero-order valence-electron chi connectivity index (χ0n) is 10.6. The number of aromatic nitrogens is 1. The van der Waals surface area contributed by atoms with Crippen LogP contribution in [0, 0.1) is 0 Å². The van der Waals surface area contributed by atoms with Crippen LogP contribution in [-0.4, -0.2) is 36.4 Å². The maximum absolute atomic E-state index is 5.98. The second-order valence-electron chi connectivity index (χ2n) is 5.27. The molecule has 4 nitrogen and oxygen atoms in total. The van der Waals surface area contributed by atoms with Gasteiger partial charge in [0.15, 0.2) is 0 Å². The summed E-state index contributed by atoms with van der Waals surface area (Å²) >= 11 is 0. The average Bonchev–Trinajstić information content (AvgIpc) is 2.82. The zero-order valence-corrected chi connectivity index (χ0v) is 10.6. The van der Waals surface area contributed by atoms with Crippen LogP contribution in [0.2, 0.25) is 0 Å². The highest BCUT2D eigenvalue weighted by molar-refractivity contribution is 5.07. The van der Waals surface area contributed by atoms with Crippen LogP contribution in [0.25, 0.3) is 0 Å². The highest BCUT2D eigenvalue weighted by atomic mass is 16.6. The van der Waals surface area contributed by atoms with E-state index in [0.717, 1.165) is 38.1 Å². The minimum absolute atomic E-state index is 0.0395. The van der Waals surface area contributed by atoms with Gasteiger partial charge in [-0.3, -0.25) is 4.98 Å². The largest absolute Gasteiger partial charge is 0.371 e. The molecule has 3 heterocycles. The molecule has 1 aromatic heterocycles. The molecular formula is C14H20N2O2. The molecule has 2 aliphatic rings. The van der Waals surface area contributed by atoms with Gasteiger partial charge in [-0.1, -0.05) is 6.07 Å². The first-order valence-electron chi connectivity index (χ1n) is 6.72. The Morgan fingerprint density at radius 2 is 2.56 bits per heavy atom. The summed E-state index contributed by atoms with van der Waals surface area (Å²) in [5, 5.41) is 3.42. The van der Waals surface area contributed by atoms with Crippen LogP contribution >= 0.6 is 0 Å². The van der Waals surface area contributed by atoms with Crippen molar-refractivity contribution < 1.29 is 9.47 Å². The number of pyridine rings is 1. The maximum atomic E-state index is 5.98. The van der Waals surface area contributed by atoms with Crippen molar-refractivity contribution >= 4 is 0 Å². The highest BCUT2D eigenvalue weighted by Crippen LogP contribution is 2.33. The molecule has 3 rings (SSSR count). The van der Waals surface area contributed by atoms with Crippen molar-refractivity contribution in [2.24, 2.45) is 0 Å². The van der Waals surface area contributed by atoms with Gasteiger partial charge in [-0.2, -0.15) is 0 Å². The fraction of sp³-hybridized carbons (Fsp3) is 0.643. The molecule has 0 aliphatic carbocycles. The highest BCUT2D eigenvalue weighted by Gasteiger charge is 2.41. The smallest absolute Gasteiger partial charge is 0.0841 e. The molecule has 0 amide bonds. The van der Waals surface area contributed by atoms with Crippen LogP contribution in [0.3, 0.4) is 0 Å². The summed E-state index contributed by atoms with van der Waals surface area (Å²) < 4.78 is 11.9. The maximum Gasteiger partial charge on any atom is 0.0841 e. The SMILES string of the molecule is c1cncc(COC2COC3(CCCNC3)C2)c1. The first-order chi connectivity index (χ1) is 8.86. The topological polar surface area (TPSA) is 43.4 Å². The summed E-state index contributed by atoms with van der Waals surface area (Å²) in [7, 11) is 0. The third-order valence-corrected chi connectivity index (χ3v) is 3.82. The fourth-order valence-electron chi connectivity index (χ4n) is 2.84. The van der Waals surface area contributed by atoms with Gasteiger partial charge in [-0.25, -0.2) is 0 Å². The van der Waals surface area contributed by atoms with Crippen LogP contribution in [0.15, 0.2) is 24.5 Å². The van der Waals surface area contributed by atoms with Gasteiger partial charge in [0, 0.05) is 25.4 Å². The predicted molar refractivity (Wildman–Crippen MR) is 68.2 cm³/mol. The molecule has 18 heavy (non-hydrogen) atoms. The fourth-order valence-corrected chi connectivity index (χ4v) is 2.84. The molecule has 0 saturated carbocycles. The van der Waals surface area contributed by atoms with E-state index in [1.165, 1.54) is 6.42 Å². The Morgan fingerprint density at radius 1 is 1.56 bits per heavy atom. The molecule has 4 heteroatoms. The summed E-state index contributed by atoms with van der Waals surface area (Å²) in [6.45, 7) is 3.44. The number of nitrogens with zero attached hydrogens (tertiary/aromatic N) is 1. The third kappa shape index (κ3) is 2.71. The number of nitrogens with one attached hydrogen (secondary N) is 1.